The van der Waals surface area contributed by atoms with E-state index in [4.69, 9.17) is 15.5 Å². The highest BCUT2D eigenvalue weighted by Crippen LogP contribution is 2.42. The second-order valence-corrected chi connectivity index (χ2v) is 13.4. The van der Waals surface area contributed by atoms with Gasteiger partial charge in [0.25, 0.3) is 16.7 Å². The Morgan fingerprint density at radius 2 is 2.05 bits per heavy atom. The van der Waals surface area contributed by atoms with Crippen LogP contribution < -0.4 is 11.1 Å². The van der Waals surface area contributed by atoms with E-state index in [2.05, 4.69) is 26.2 Å². The predicted molar refractivity (Wildman–Crippen MR) is 147 cm³/mol. The Hall–Kier alpha value is -2.84. The number of nitrogens with zero attached hydrogens (tertiary/aromatic N) is 2. The molecule has 2 aromatic carbocycles. The lowest BCUT2D eigenvalue weighted by Crippen LogP contribution is -2.63. The molecule has 13 heteroatoms. The van der Waals surface area contributed by atoms with Crippen molar-refractivity contribution in [2.75, 3.05) is 26.2 Å². The van der Waals surface area contributed by atoms with Crippen LogP contribution in [0.5, 0.6) is 0 Å². The smallest absolute Gasteiger partial charge is 0.273 e. The van der Waals surface area contributed by atoms with Crippen molar-refractivity contribution in [2.24, 2.45) is 5.73 Å². The van der Waals surface area contributed by atoms with E-state index in [1.165, 1.54) is 11.3 Å². The molecule has 10 nitrogen and oxygen atoms in total. The third-order valence-corrected chi connectivity index (χ3v) is 11.0. The van der Waals surface area contributed by atoms with Crippen LogP contribution in [0, 0.1) is 0 Å². The van der Waals surface area contributed by atoms with E-state index in [0.29, 0.717) is 35.9 Å². The Bertz CT molecular complexity index is 1660. The molecule has 2 atom stereocenters. The van der Waals surface area contributed by atoms with Crippen LogP contribution in [0.1, 0.15) is 34.4 Å². The van der Waals surface area contributed by atoms with Gasteiger partial charge in [-0.25, -0.2) is 13.4 Å². The van der Waals surface area contributed by atoms with Crippen molar-refractivity contribution in [3.05, 3.63) is 57.6 Å². The number of H-pyrrole nitrogens is 1. The number of para-hydroxylation sites is 1. The number of carbonyl (C=O) groups excluding carboxylic acids is 2. The first-order valence-electron chi connectivity index (χ1n) is 12.1. The molecule has 2 amide bonds. The molecule has 198 valence electrons. The molecule has 2 saturated heterocycles. The van der Waals surface area contributed by atoms with Crippen LogP contribution >= 0.6 is 27.3 Å². The van der Waals surface area contributed by atoms with Gasteiger partial charge in [0.2, 0.25) is 9.84 Å². The van der Waals surface area contributed by atoms with Gasteiger partial charge in [-0.05, 0) is 43.2 Å². The van der Waals surface area contributed by atoms with Crippen molar-refractivity contribution >= 4 is 70.0 Å². The molecule has 2 aliphatic rings. The zero-order valence-electron chi connectivity index (χ0n) is 20.1. The lowest BCUT2D eigenvalue weighted by atomic mass is 10.2. The summed E-state index contributed by atoms with van der Waals surface area (Å²) in [5, 5.41) is 4.03. The zero-order valence-corrected chi connectivity index (χ0v) is 23.3. The van der Waals surface area contributed by atoms with Gasteiger partial charge >= 0.3 is 0 Å². The van der Waals surface area contributed by atoms with Crippen molar-refractivity contribution in [3.8, 4) is 0 Å². The highest BCUT2D eigenvalue weighted by Gasteiger charge is 2.58. The van der Waals surface area contributed by atoms with Crippen LogP contribution in [-0.4, -0.2) is 66.3 Å². The third kappa shape index (κ3) is 3.87. The quantitative estimate of drug-likeness (QED) is 0.312. The number of aromatic nitrogens is 2. The fraction of sp³-hybridized carbons (Fsp3) is 0.320. The number of rotatable bonds is 5. The fourth-order valence-electron chi connectivity index (χ4n) is 5.29. The number of benzene rings is 2. The molecule has 0 saturated carbocycles. The van der Waals surface area contributed by atoms with Crippen LogP contribution in [0.4, 0.5) is 0 Å². The number of carbonyl (C=O) groups is 2. The number of hydrogen-bond acceptors (Lipinski definition) is 8. The monoisotopic (exact) mass is 617 g/mol. The number of halogens is 1. The summed E-state index contributed by atoms with van der Waals surface area (Å²) < 4.78 is 36.6. The van der Waals surface area contributed by atoms with Gasteiger partial charge in [0, 0.05) is 35.0 Å². The number of ether oxygens (including phenoxy) is 1. The van der Waals surface area contributed by atoms with Gasteiger partial charge < -0.3 is 25.7 Å². The Balaban J connectivity index is 1.49. The summed E-state index contributed by atoms with van der Waals surface area (Å²) in [5.74, 6) is -1.62. The molecule has 38 heavy (non-hydrogen) atoms. The minimum atomic E-state index is -4.61. The molecule has 6 rings (SSSR count). The number of fused-ring (bicyclic) bond motifs is 2. The molecule has 2 fully saturated rings. The number of hydrogen-bond donors (Lipinski definition) is 3. The zero-order chi connectivity index (χ0) is 26.7. The molecule has 4 N–H and O–H groups in total. The number of amides is 2. The summed E-state index contributed by atoms with van der Waals surface area (Å²) in [6, 6.07) is 12.3. The summed E-state index contributed by atoms with van der Waals surface area (Å²) in [6.07, 6.45) is 1.35. The summed E-state index contributed by atoms with van der Waals surface area (Å²) in [6.45, 7) is 0.481. The van der Waals surface area contributed by atoms with Crippen LogP contribution in [0.25, 0.3) is 21.1 Å². The summed E-state index contributed by atoms with van der Waals surface area (Å²) in [7, 11) is -4.61. The Morgan fingerprint density at radius 3 is 2.79 bits per heavy atom. The van der Waals surface area contributed by atoms with E-state index in [1.54, 1.807) is 23.1 Å². The SMILES string of the molecule is NC(=O)c1[nH]c2ccc(Br)cc2c1S(=O)(=O)C1(C(=O)N2CCCC2c2nc3ccccc3s2)CNCCO1. The third-order valence-electron chi connectivity index (χ3n) is 7.07. The topological polar surface area (TPSA) is 147 Å². The van der Waals surface area contributed by atoms with Gasteiger partial charge in [0.05, 0.1) is 22.9 Å². The second-order valence-electron chi connectivity index (χ2n) is 9.34. The van der Waals surface area contributed by atoms with E-state index in [9.17, 15) is 18.0 Å². The second kappa shape index (κ2) is 9.42. The number of likely N-dealkylation sites (tertiary alicyclic amines) is 1. The van der Waals surface area contributed by atoms with Crippen LogP contribution in [0.3, 0.4) is 0 Å². The summed E-state index contributed by atoms with van der Waals surface area (Å²) >= 11 is 4.86. The van der Waals surface area contributed by atoms with E-state index in [1.807, 2.05) is 24.3 Å². The Kier molecular flexibility index (Phi) is 6.30. The van der Waals surface area contributed by atoms with E-state index in [0.717, 1.165) is 15.2 Å². The minimum Gasteiger partial charge on any atom is -0.364 e. The highest BCUT2D eigenvalue weighted by atomic mass is 79.9. The lowest BCUT2D eigenvalue weighted by molar-refractivity contribution is -0.151. The Morgan fingerprint density at radius 1 is 1.24 bits per heavy atom. The highest BCUT2D eigenvalue weighted by molar-refractivity contribution is 9.10. The molecular formula is C25H24BrN5O5S2. The van der Waals surface area contributed by atoms with E-state index in [-0.39, 0.29) is 35.2 Å². The Labute approximate surface area is 230 Å². The molecule has 2 aromatic heterocycles. The van der Waals surface area contributed by atoms with E-state index < -0.39 is 26.6 Å². The molecule has 0 spiro atoms. The van der Waals surface area contributed by atoms with Crippen molar-refractivity contribution in [2.45, 2.75) is 28.7 Å². The number of nitrogens with one attached hydrogen (secondary N) is 2. The molecule has 0 bridgehead atoms. The van der Waals surface area contributed by atoms with Crippen molar-refractivity contribution in [1.82, 2.24) is 20.2 Å². The van der Waals surface area contributed by atoms with Crippen LogP contribution in [0.2, 0.25) is 0 Å². The fourth-order valence-corrected chi connectivity index (χ4v) is 8.85. The lowest BCUT2D eigenvalue weighted by Gasteiger charge is -2.39. The standard InChI is InChI=1S/C25H24BrN5O5S2/c26-14-7-8-16-15(12-14)21(20(29-16)22(27)32)38(34,35)25(13-28-9-11-36-25)24(33)31-10-3-5-18(31)23-30-17-4-1-2-6-19(17)37-23/h1-2,4,6-8,12,18,28-29H,3,5,9-11,13H2,(H2,27,32). The number of sulfone groups is 1. The van der Waals surface area contributed by atoms with Crippen LogP contribution in [0.15, 0.2) is 51.8 Å². The van der Waals surface area contributed by atoms with Crippen LogP contribution in [-0.2, 0) is 19.4 Å². The molecule has 4 heterocycles. The van der Waals surface area contributed by atoms with Gasteiger partial charge in [0.15, 0.2) is 0 Å². The van der Waals surface area contributed by atoms with E-state index >= 15 is 0 Å². The maximum absolute atomic E-state index is 14.5. The average Bonchev–Trinajstić information content (AvgIpc) is 3.64. The maximum atomic E-state index is 14.5. The molecule has 0 radical (unpaired) electrons. The molecule has 2 unspecified atom stereocenters. The summed E-state index contributed by atoms with van der Waals surface area (Å²) in [5.41, 5.74) is 6.56. The van der Waals surface area contributed by atoms with Crippen molar-refractivity contribution < 1.29 is 22.7 Å². The van der Waals surface area contributed by atoms with Gasteiger partial charge in [0.1, 0.15) is 15.6 Å². The first-order chi connectivity index (χ1) is 18.2. The number of aromatic amines is 1. The first kappa shape index (κ1) is 25.4. The summed E-state index contributed by atoms with van der Waals surface area (Å²) in [4.78, 5) is 33.3. The van der Waals surface area contributed by atoms with Crippen molar-refractivity contribution in [1.29, 1.82) is 0 Å². The van der Waals surface area contributed by atoms with Gasteiger partial charge in [-0.15, -0.1) is 11.3 Å². The predicted octanol–water partition coefficient (Wildman–Crippen LogP) is 3.09. The largest absolute Gasteiger partial charge is 0.364 e. The minimum absolute atomic E-state index is 0.00255. The number of nitrogens with two attached hydrogens (primary N) is 1. The normalized spacial score (nSPS) is 22.3. The molecular weight excluding hydrogens is 594 g/mol. The van der Waals surface area contributed by atoms with Gasteiger partial charge in [-0.2, -0.15) is 0 Å². The first-order valence-corrected chi connectivity index (χ1v) is 15.2. The average molecular weight is 619 g/mol. The maximum Gasteiger partial charge on any atom is 0.273 e. The van der Waals surface area contributed by atoms with Crippen molar-refractivity contribution in [3.63, 3.8) is 0 Å². The molecule has 4 aromatic rings. The number of morpholine rings is 1. The number of thiazole rings is 1. The van der Waals surface area contributed by atoms with Gasteiger partial charge in [-0.3, -0.25) is 9.59 Å². The number of primary amides is 1. The van der Waals surface area contributed by atoms with Gasteiger partial charge in [-0.1, -0.05) is 28.1 Å². The molecule has 2 aliphatic heterocycles. The molecule has 0 aliphatic carbocycles.